The quantitative estimate of drug-likeness (QED) is 0.601. The average molecular weight is 468 g/mol. The Kier molecular flexibility index (Phi) is 7.97. The lowest BCUT2D eigenvalue weighted by molar-refractivity contribution is 0.149. The summed E-state index contributed by atoms with van der Waals surface area (Å²) in [6.45, 7) is 8.14. The maximum absolute atomic E-state index is 12.7. The van der Waals surface area contributed by atoms with Gasteiger partial charge in [0.05, 0.1) is 5.69 Å². The predicted octanol–water partition coefficient (Wildman–Crippen LogP) is 2.15. The number of hydrogen-bond acceptors (Lipinski definition) is 6. The first kappa shape index (κ1) is 24.4. The summed E-state index contributed by atoms with van der Waals surface area (Å²) in [4.78, 5) is 33.5. The van der Waals surface area contributed by atoms with Crippen molar-refractivity contribution in [3.05, 3.63) is 52.6 Å². The molecule has 1 atom stereocenters. The number of rotatable bonds is 6. The van der Waals surface area contributed by atoms with E-state index in [9.17, 15) is 9.59 Å². The predicted molar refractivity (Wildman–Crippen MR) is 134 cm³/mol. The first-order valence-corrected chi connectivity index (χ1v) is 12.4. The van der Waals surface area contributed by atoms with Crippen molar-refractivity contribution < 1.29 is 4.79 Å². The standard InChI is InChI=1S/C25H37N7O2/c1-3-30(21-10-6-20(26)7-11-21)17-19-4-8-22(9-5-19)32-14-12-23(29-25(32)34)28-24(33)31-15-13-27-18(2)16-31/h4-5,8-9,12,14,18,20-21,27H,3,6-7,10-11,13,15-17,26H2,1-2H3,(H,28,29,33,34)/t18-,20-,21-/m1/s1. The molecule has 0 bridgehead atoms. The normalized spacial score (nSPS) is 23.2. The third-order valence-corrected chi connectivity index (χ3v) is 6.96. The molecule has 0 unspecified atom stereocenters. The Morgan fingerprint density at radius 1 is 1.21 bits per heavy atom. The van der Waals surface area contributed by atoms with Crippen molar-refractivity contribution in [1.82, 2.24) is 24.7 Å². The van der Waals surface area contributed by atoms with Crippen LogP contribution in [0.2, 0.25) is 0 Å². The zero-order valence-corrected chi connectivity index (χ0v) is 20.2. The molecule has 1 saturated carbocycles. The Balaban J connectivity index is 1.38. The summed E-state index contributed by atoms with van der Waals surface area (Å²) in [7, 11) is 0. The molecular weight excluding hydrogens is 430 g/mol. The SMILES string of the molecule is CCN(Cc1ccc(-n2ccc(NC(=O)N3CCN[C@H](C)C3)nc2=O)cc1)[C@H]1CC[C@H](N)CC1. The summed E-state index contributed by atoms with van der Waals surface area (Å²) in [5, 5.41) is 6.05. The molecule has 1 aromatic carbocycles. The molecule has 0 radical (unpaired) electrons. The molecule has 1 aliphatic carbocycles. The van der Waals surface area contributed by atoms with E-state index in [1.54, 1.807) is 17.2 Å². The van der Waals surface area contributed by atoms with Crippen molar-refractivity contribution >= 4 is 11.8 Å². The van der Waals surface area contributed by atoms with E-state index in [1.165, 1.54) is 10.1 Å². The van der Waals surface area contributed by atoms with Gasteiger partial charge < -0.3 is 16.0 Å². The Bertz CT molecular complexity index is 1010. The molecule has 1 aliphatic heterocycles. The second kappa shape index (κ2) is 11.1. The van der Waals surface area contributed by atoms with Gasteiger partial charge in [-0.1, -0.05) is 19.1 Å². The molecule has 2 aromatic rings. The van der Waals surface area contributed by atoms with E-state index in [0.29, 0.717) is 25.2 Å². The summed E-state index contributed by atoms with van der Waals surface area (Å²) in [6.07, 6.45) is 6.17. The van der Waals surface area contributed by atoms with Gasteiger partial charge in [0.1, 0.15) is 5.82 Å². The van der Waals surface area contributed by atoms with E-state index in [1.807, 2.05) is 19.1 Å². The lowest BCUT2D eigenvalue weighted by atomic mass is 9.90. The minimum atomic E-state index is -0.423. The monoisotopic (exact) mass is 467 g/mol. The second-order valence-corrected chi connectivity index (χ2v) is 9.49. The highest BCUT2D eigenvalue weighted by atomic mass is 16.2. The van der Waals surface area contributed by atoms with Gasteiger partial charge >= 0.3 is 11.7 Å². The maximum Gasteiger partial charge on any atom is 0.354 e. The third kappa shape index (κ3) is 6.02. The van der Waals surface area contributed by atoms with Crippen molar-refractivity contribution in [2.24, 2.45) is 5.73 Å². The number of carbonyl (C=O) groups excluding carboxylic acids is 1. The fraction of sp³-hybridized carbons (Fsp3) is 0.560. The molecule has 0 spiro atoms. The van der Waals surface area contributed by atoms with Crippen LogP contribution >= 0.6 is 0 Å². The van der Waals surface area contributed by atoms with Crippen LogP contribution in [-0.4, -0.2) is 69.7 Å². The number of amides is 2. The Hall–Kier alpha value is -2.75. The number of aromatic nitrogens is 2. The van der Waals surface area contributed by atoms with Gasteiger partial charge in [-0.15, -0.1) is 0 Å². The number of piperazine rings is 1. The van der Waals surface area contributed by atoms with Crippen LogP contribution < -0.4 is 22.1 Å². The van der Waals surface area contributed by atoms with E-state index in [4.69, 9.17) is 5.73 Å². The van der Waals surface area contributed by atoms with Crippen LogP contribution in [0.1, 0.15) is 45.1 Å². The van der Waals surface area contributed by atoms with E-state index in [-0.39, 0.29) is 17.9 Å². The maximum atomic E-state index is 12.7. The largest absolute Gasteiger partial charge is 0.354 e. The van der Waals surface area contributed by atoms with Gasteiger partial charge in [-0.3, -0.25) is 14.8 Å². The summed E-state index contributed by atoms with van der Waals surface area (Å²) >= 11 is 0. The van der Waals surface area contributed by atoms with Gasteiger partial charge in [0, 0.05) is 50.5 Å². The fourth-order valence-electron chi connectivity index (χ4n) is 4.94. The molecule has 1 saturated heterocycles. The number of nitrogens with zero attached hydrogens (tertiary/aromatic N) is 4. The van der Waals surface area contributed by atoms with Crippen LogP contribution in [0.4, 0.5) is 10.6 Å². The smallest absolute Gasteiger partial charge is 0.328 e. The van der Waals surface area contributed by atoms with Crippen LogP contribution in [-0.2, 0) is 6.54 Å². The van der Waals surface area contributed by atoms with Crippen molar-refractivity contribution in [3.8, 4) is 5.69 Å². The van der Waals surface area contributed by atoms with Crippen molar-refractivity contribution in [1.29, 1.82) is 0 Å². The minimum absolute atomic E-state index is 0.234. The molecule has 4 N–H and O–H groups in total. The highest BCUT2D eigenvalue weighted by molar-refractivity contribution is 5.88. The molecule has 9 nitrogen and oxygen atoms in total. The van der Waals surface area contributed by atoms with Crippen molar-refractivity contribution in [2.45, 2.75) is 64.2 Å². The molecule has 2 aliphatic rings. The third-order valence-electron chi connectivity index (χ3n) is 6.96. The lowest BCUT2D eigenvalue weighted by Gasteiger charge is -2.35. The summed E-state index contributed by atoms with van der Waals surface area (Å²) in [5.41, 5.74) is 7.62. The fourth-order valence-corrected chi connectivity index (χ4v) is 4.94. The van der Waals surface area contributed by atoms with Crippen LogP contribution in [0.5, 0.6) is 0 Å². The minimum Gasteiger partial charge on any atom is -0.328 e. The number of urea groups is 1. The topological polar surface area (TPSA) is 109 Å². The molecule has 184 valence electrons. The number of nitrogens with one attached hydrogen (secondary N) is 2. The first-order valence-electron chi connectivity index (χ1n) is 12.4. The van der Waals surface area contributed by atoms with Crippen molar-refractivity contribution in [3.63, 3.8) is 0 Å². The molecular formula is C25H37N7O2. The molecule has 4 rings (SSSR count). The van der Waals surface area contributed by atoms with E-state index >= 15 is 0 Å². The lowest BCUT2D eigenvalue weighted by Crippen LogP contribution is -2.52. The van der Waals surface area contributed by atoms with E-state index < -0.39 is 5.69 Å². The molecule has 2 fully saturated rings. The number of anilines is 1. The summed E-state index contributed by atoms with van der Waals surface area (Å²) < 4.78 is 1.49. The van der Waals surface area contributed by atoms with Gasteiger partial charge in [0.25, 0.3) is 0 Å². The van der Waals surface area contributed by atoms with Gasteiger partial charge in [-0.2, -0.15) is 4.98 Å². The summed E-state index contributed by atoms with van der Waals surface area (Å²) in [6, 6.07) is 10.6. The first-order chi connectivity index (χ1) is 16.4. The number of nitrogens with two attached hydrogens (primary N) is 1. The van der Waals surface area contributed by atoms with Gasteiger partial charge in [0.15, 0.2) is 0 Å². The molecule has 1 aromatic heterocycles. The van der Waals surface area contributed by atoms with Crippen LogP contribution in [0.15, 0.2) is 41.3 Å². The Morgan fingerprint density at radius 3 is 2.59 bits per heavy atom. The average Bonchev–Trinajstić information content (AvgIpc) is 2.84. The highest BCUT2D eigenvalue weighted by Crippen LogP contribution is 2.23. The summed E-state index contributed by atoms with van der Waals surface area (Å²) in [5.74, 6) is 0.264. The van der Waals surface area contributed by atoms with E-state index in [0.717, 1.165) is 51.0 Å². The molecule has 2 heterocycles. The van der Waals surface area contributed by atoms with Crippen LogP contribution in [0.3, 0.4) is 0 Å². The Morgan fingerprint density at radius 2 is 1.94 bits per heavy atom. The number of carbonyl (C=O) groups is 1. The zero-order chi connectivity index (χ0) is 24.1. The second-order valence-electron chi connectivity index (χ2n) is 9.49. The number of benzene rings is 1. The van der Waals surface area contributed by atoms with Gasteiger partial charge in [0.2, 0.25) is 0 Å². The van der Waals surface area contributed by atoms with Crippen molar-refractivity contribution in [2.75, 3.05) is 31.5 Å². The number of hydrogen-bond donors (Lipinski definition) is 3. The van der Waals surface area contributed by atoms with Crippen LogP contribution in [0.25, 0.3) is 5.69 Å². The van der Waals surface area contributed by atoms with Gasteiger partial charge in [-0.25, -0.2) is 9.59 Å². The highest BCUT2D eigenvalue weighted by Gasteiger charge is 2.23. The molecule has 34 heavy (non-hydrogen) atoms. The molecule has 9 heteroatoms. The molecule has 2 amide bonds. The van der Waals surface area contributed by atoms with E-state index in [2.05, 4.69) is 39.6 Å². The van der Waals surface area contributed by atoms with Gasteiger partial charge in [-0.05, 0) is 62.9 Å². The Labute approximate surface area is 201 Å². The zero-order valence-electron chi connectivity index (χ0n) is 20.2. The van der Waals surface area contributed by atoms with Crippen LogP contribution in [0, 0.1) is 0 Å².